The van der Waals surface area contributed by atoms with Crippen molar-refractivity contribution in [1.29, 1.82) is 0 Å². The van der Waals surface area contributed by atoms with Gasteiger partial charge in [0.1, 0.15) is 0 Å². The summed E-state index contributed by atoms with van der Waals surface area (Å²) in [6.07, 6.45) is 1.14. The Balaban J connectivity index is 1.53. The van der Waals surface area contributed by atoms with Gasteiger partial charge in [-0.3, -0.25) is 0 Å². The summed E-state index contributed by atoms with van der Waals surface area (Å²) >= 11 is 0. The normalized spacial score (nSPS) is 27.1. The van der Waals surface area contributed by atoms with Gasteiger partial charge in [0, 0.05) is 13.1 Å². The summed E-state index contributed by atoms with van der Waals surface area (Å²) in [6.45, 7) is 2.13. The largest absolute Gasteiger partial charge is 0.372 e. The molecule has 17 heavy (non-hydrogen) atoms. The van der Waals surface area contributed by atoms with E-state index in [2.05, 4.69) is 17.4 Å². The molecule has 0 saturated carbocycles. The van der Waals surface area contributed by atoms with Crippen molar-refractivity contribution in [2.24, 2.45) is 0 Å². The minimum absolute atomic E-state index is 0.0563. The monoisotopic (exact) mass is 232 g/mol. The highest BCUT2D eigenvalue weighted by molar-refractivity contribution is 5.77. The summed E-state index contributed by atoms with van der Waals surface area (Å²) in [6, 6.07) is 10.5. The topological polar surface area (TPSA) is 41.6 Å². The van der Waals surface area contributed by atoms with Crippen molar-refractivity contribution in [2.45, 2.75) is 25.2 Å². The van der Waals surface area contributed by atoms with Gasteiger partial charge in [0.2, 0.25) is 0 Å². The number of fused-ring (bicyclic) bond motifs is 1. The van der Waals surface area contributed by atoms with Crippen LogP contribution in [0.5, 0.6) is 0 Å². The number of amides is 2. The second-order valence-corrected chi connectivity index (χ2v) is 4.65. The zero-order chi connectivity index (χ0) is 11.7. The number of rotatable bonds is 3. The van der Waals surface area contributed by atoms with Crippen molar-refractivity contribution >= 4 is 6.03 Å². The molecule has 3 rings (SSSR count). The van der Waals surface area contributed by atoms with E-state index in [1.807, 2.05) is 23.1 Å². The van der Waals surface area contributed by atoms with Crippen molar-refractivity contribution < 1.29 is 9.53 Å². The van der Waals surface area contributed by atoms with Crippen LogP contribution in [0, 0.1) is 0 Å². The molecule has 2 amide bonds. The first kappa shape index (κ1) is 10.6. The van der Waals surface area contributed by atoms with Gasteiger partial charge in [-0.1, -0.05) is 30.3 Å². The van der Waals surface area contributed by atoms with Crippen molar-refractivity contribution in [3.05, 3.63) is 35.9 Å². The summed E-state index contributed by atoms with van der Waals surface area (Å²) in [7, 11) is 0. The average molecular weight is 232 g/mol. The van der Waals surface area contributed by atoms with Crippen LogP contribution in [0.15, 0.2) is 30.3 Å². The maximum absolute atomic E-state index is 11.4. The molecular weight excluding hydrogens is 216 g/mol. The van der Waals surface area contributed by atoms with Crippen LogP contribution in [0.3, 0.4) is 0 Å². The number of hydrogen-bond donors (Lipinski definition) is 1. The molecule has 90 valence electrons. The van der Waals surface area contributed by atoms with Crippen LogP contribution >= 0.6 is 0 Å². The van der Waals surface area contributed by atoms with Crippen LogP contribution < -0.4 is 5.32 Å². The molecule has 2 atom stereocenters. The Morgan fingerprint density at radius 3 is 2.94 bits per heavy atom. The molecule has 0 aliphatic carbocycles. The fourth-order valence-corrected chi connectivity index (χ4v) is 2.53. The Morgan fingerprint density at radius 2 is 2.18 bits per heavy atom. The molecule has 0 bridgehead atoms. The molecule has 4 heteroatoms. The highest BCUT2D eigenvalue weighted by atomic mass is 16.5. The van der Waals surface area contributed by atoms with E-state index in [9.17, 15) is 4.79 Å². The van der Waals surface area contributed by atoms with Crippen LogP contribution in [0.4, 0.5) is 4.79 Å². The summed E-state index contributed by atoms with van der Waals surface area (Å²) in [5, 5.41) is 2.85. The molecular formula is C13H16N2O2. The summed E-state index contributed by atoms with van der Waals surface area (Å²) < 4.78 is 5.85. The van der Waals surface area contributed by atoms with Gasteiger partial charge in [-0.05, 0) is 12.0 Å². The number of carbonyl (C=O) groups excluding carboxylic acids is 1. The second kappa shape index (κ2) is 4.37. The molecule has 0 radical (unpaired) electrons. The van der Waals surface area contributed by atoms with Crippen LogP contribution in [-0.2, 0) is 11.3 Å². The first-order chi connectivity index (χ1) is 8.33. The average Bonchev–Trinajstić information content (AvgIpc) is 2.91. The van der Waals surface area contributed by atoms with Gasteiger partial charge in [-0.15, -0.1) is 0 Å². The minimum Gasteiger partial charge on any atom is -0.372 e. The van der Waals surface area contributed by atoms with Crippen LogP contribution in [0.1, 0.15) is 12.0 Å². The SMILES string of the molecule is O=C1NC[C@@H]2C[C@@H](OCc3ccccc3)CN12. The molecule has 2 aliphatic rings. The van der Waals surface area contributed by atoms with Crippen molar-refractivity contribution in [1.82, 2.24) is 10.2 Å². The fraction of sp³-hybridized carbons (Fsp3) is 0.462. The maximum Gasteiger partial charge on any atom is 0.317 e. The first-order valence-electron chi connectivity index (χ1n) is 6.03. The van der Waals surface area contributed by atoms with Gasteiger partial charge >= 0.3 is 6.03 Å². The molecule has 1 aromatic carbocycles. The maximum atomic E-state index is 11.4. The first-order valence-corrected chi connectivity index (χ1v) is 6.03. The van der Waals surface area contributed by atoms with E-state index < -0.39 is 0 Å². The lowest BCUT2D eigenvalue weighted by Crippen LogP contribution is -2.31. The molecule has 2 heterocycles. The third kappa shape index (κ3) is 2.13. The number of ether oxygens (including phenoxy) is 1. The summed E-state index contributed by atoms with van der Waals surface area (Å²) in [5.74, 6) is 0. The third-order valence-electron chi connectivity index (χ3n) is 3.45. The van der Waals surface area contributed by atoms with E-state index in [0.29, 0.717) is 12.6 Å². The minimum atomic E-state index is 0.0563. The highest BCUT2D eigenvalue weighted by Gasteiger charge is 2.39. The number of urea groups is 1. The van der Waals surface area contributed by atoms with Gasteiger partial charge in [0.15, 0.2) is 0 Å². The Hall–Kier alpha value is -1.55. The van der Waals surface area contributed by atoms with E-state index in [0.717, 1.165) is 19.5 Å². The van der Waals surface area contributed by atoms with Gasteiger partial charge in [-0.2, -0.15) is 0 Å². The Morgan fingerprint density at radius 1 is 1.35 bits per heavy atom. The molecule has 4 nitrogen and oxygen atoms in total. The second-order valence-electron chi connectivity index (χ2n) is 4.65. The molecule has 2 saturated heterocycles. The third-order valence-corrected chi connectivity index (χ3v) is 3.45. The van der Waals surface area contributed by atoms with Gasteiger partial charge in [0.05, 0.1) is 18.8 Å². The number of nitrogens with zero attached hydrogens (tertiary/aromatic N) is 1. The van der Waals surface area contributed by atoms with Gasteiger partial charge in [0.25, 0.3) is 0 Å². The fourth-order valence-electron chi connectivity index (χ4n) is 2.53. The van der Waals surface area contributed by atoms with Gasteiger partial charge < -0.3 is 15.0 Å². The van der Waals surface area contributed by atoms with Crippen LogP contribution in [0.25, 0.3) is 0 Å². The number of hydrogen-bond acceptors (Lipinski definition) is 2. The van der Waals surface area contributed by atoms with E-state index in [1.165, 1.54) is 5.56 Å². The molecule has 1 N–H and O–H groups in total. The molecule has 0 spiro atoms. The molecule has 2 fully saturated rings. The van der Waals surface area contributed by atoms with Crippen molar-refractivity contribution in [3.63, 3.8) is 0 Å². The smallest absolute Gasteiger partial charge is 0.317 e. The van der Waals surface area contributed by atoms with Gasteiger partial charge in [-0.25, -0.2) is 4.79 Å². The Bertz CT molecular complexity index is 407. The highest BCUT2D eigenvalue weighted by Crippen LogP contribution is 2.24. The molecule has 0 aromatic heterocycles. The van der Waals surface area contributed by atoms with E-state index in [4.69, 9.17) is 4.74 Å². The lowest BCUT2D eigenvalue weighted by Gasteiger charge is -2.13. The molecule has 2 aliphatic heterocycles. The quantitative estimate of drug-likeness (QED) is 0.855. The number of carbonyl (C=O) groups is 1. The lowest BCUT2D eigenvalue weighted by atomic mass is 10.2. The predicted molar refractivity (Wildman–Crippen MR) is 63.5 cm³/mol. The Labute approximate surface area is 101 Å². The van der Waals surface area contributed by atoms with Crippen molar-refractivity contribution in [3.8, 4) is 0 Å². The summed E-state index contributed by atoms with van der Waals surface area (Å²) in [4.78, 5) is 13.3. The van der Waals surface area contributed by atoms with Crippen LogP contribution in [0.2, 0.25) is 0 Å². The van der Waals surface area contributed by atoms with E-state index in [1.54, 1.807) is 0 Å². The van der Waals surface area contributed by atoms with E-state index >= 15 is 0 Å². The predicted octanol–water partition coefficient (Wildman–Crippen LogP) is 1.37. The van der Waals surface area contributed by atoms with Crippen molar-refractivity contribution in [2.75, 3.05) is 13.1 Å². The number of benzene rings is 1. The zero-order valence-electron chi connectivity index (χ0n) is 9.63. The molecule has 0 unspecified atom stereocenters. The van der Waals surface area contributed by atoms with E-state index in [-0.39, 0.29) is 12.1 Å². The zero-order valence-corrected chi connectivity index (χ0v) is 9.63. The lowest BCUT2D eigenvalue weighted by molar-refractivity contribution is 0.0479. The Kier molecular flexibility index (Phi) is 2.73. The standard InChI is InChI=1S/C13H16N2O2/c16-13-14-7-11-6-12(8-15(11)13)17-9-10-4-2-1-3-5-10/h1-5,11-12H,6-9H2,(H,14,16)/t11-,12+/m0/s1. The van der Waals surface area contributed by atoms with Crippen LogP contribution in [-0.4, -0.2) is 36.2 Å². The molecule has 1 aromatic rings. The number of nitrogens with one attached hydrogen (secondary N) is 1. The summed E-state index contributed by atoms with van der Waals surface area (Å²) in [5.41, 5.74) is 1.18.